The summed E-state index contributed by atoms with van der Waals surface area (Å²) in [5, 5.41) is 2.06. The van der Waals surface area contributed by atoms with E-state index in [9.17, 15) is 0 Å². The highest BCUT2D eigenvalue weighted by atomic mass is 79.9. The van der Waals surface area contributed by atoms with Crippen LogP contribution in [0.5, 0.6) is 0 Å². The molecule has 1 aromatic heterocycles. The summed E-state index contributed by atoms with van der Waals surface area (Å²) >= 11 is 5.17. The molecule has 0 bridgehead atoms. The van der Waals surface area contributed by atoms with E-state index in [0.717, 1.165) is 17.4 Å². The average Bonchev–Trinajstić information content (AvgIpc) is 2.37. The summed E-state index contributed by atoms with van der Waals surface area (Å²) in [6.45, 7) is 0.722. The van der Waals surface area contributed by atoms with E-state index in [4.69, 9.17) is 5.73 Å². The minimum absolute atomic E-state index is 0.722. The Labute approximate surface area is 79.0 Å². The lowest BCUT2D eigenvalue weighted by Crippen LogP contribution is -1.94. The maximum Gasteiger partial charge on any atom is 0.0409 e. The van der Waals surface area contributed by atoms with Gasteiger partial charge in [-0.15, -0.1) is 11.3 Å². The van der Waals surface area contributed by atoms with E-state index in [1.807, 2.05) is 6.07 Å². The summed E-state index contributed by atoms with van der Waals surface area (Å²) in [5.74, 6) is 0. The molecule has 1 aromatic rings. The SMILES string of the molecule is NCC/C=C/c1sccc1Br. The third kappa shape index (κ3) is 2.77. The number of thiophene rings is 1. The molecular weight excluding hydrogens is 222 g/mol. The second-order valence-electron chi connectivity index (χ2n) is 2.11. The van der Waals surface area contributed by atoms with Crippen molar-refractivity contribution in [2.24, 2.45) is 5.73 Å². The van der Waals surface area contributed by atoms with Gasteiger partial charge in [-0.25, -0.2) is 0 Å². The Morgan fingerprint density at radius 1 is 1.64 bits per heavy atom. The fourth-order valence-electron chi connectivity index (χ4n) is 0.711. The van der Waals surface area contributed by atoms with Crippen molar-refractivity contribution in [2.75, 3.05) is 6.54 Å². The standard InChI is InChI=1S/C8H10BrNS/c9-7-4-6-11-8(7)3-1-2-5-10/h1,3-4,6H,2,5,10H2/b3-1+. The van der Waals surface area contributed by atoms with Crippen molar-refractivity contribution in [2.45, 2.75) is 6.42 Å². The van der Waals surface area contributed by atoms with E-state index in [0.29, 0.717) is 0 Å². The molecule has 3 heteroatoms. The molecule has 0 fully saturated rings. The quantitative estimate of drug-likeness (QED) is 0.851. The van der Waals surface area contributed by atoms with Gasteiger partial charge in [0.1, 0.15) is 0 Å². The Kier molecular flexibility index (Phi) is 3.83. The lowest BCUT2D eigenvalue weighted by atomic mass is 10.3. The second kappa shape index (κ2) is 4.70. The van der Waals surface area contributed by atoms with E-state index < -0.39 is 0 Å². The van der Waals surface area contributed by atoms with Crippen LogP contribution in [0.25, 0.3) is 6.08 Å². The summed E-state index contributed by atoms with van der Waals surface area (Å²) in [7, 11) is 0. The molecule has 2 N–H and O–H groups in total. The fraction of sp³-hybridized carbons (Fsp3) is 0.250. The topological polar surface area (TPSA) is 26.0 Å². The molecule has 0 aliphatic rings. The van der Waals surface area contributed by atoms with Crippen LogP contribution in [0.4, 0.5) is 0 Å². The van der Waals surface area contributed by atoms with E-state index in [1.165, 1.54) is 4.88 Å². The van der Waals surface area contributed by atoms with Gasteiger partial charge in [-0.05, 0) is 46.4 Å². The van der Waals surface area contributed by atoms with Crippen LogP contribution in [-0.4, -0.2) is 6.54 Å². The molecule has 1 rings (SSSR count). The predicted octanol–water partition coefficient (Wildman–Crippen LogP) is 2.87. The Morgan fingerprint density at radius 3 is 3.00 bits per heavy atom. The Morgan fingerprint density at radius 2 is 2.45 bits per heavy atom. The maximum atomic E-state index is 5.35. The highest BCUT2D eigenvalue weighted by Crippen LogP contribution is 2.23. The molecule has 1 heterocycles. The Bertz CT molecular complexity index is 242. The van der Waals surface area contributed by atoms with Crippen LogP contribution in [0.15, 0.2) is 22.0 Å². The monoisotopic (exact) mass is 231 g/mol. The van der Waals surface area contributed by atoms with Crippen molar-refractivity contribution in [3.8, 4) is 0 Å². The molecule has 1 nitrogen and oxygen atoms in total. The zero-order chi connectivity index (χ0) is 8.10. The van der Waals surface area contributed by atoms with Gasteiger partial charge in [0, 0.05) is 9.35 Å². The third-order valence-corrected chi connectivity index (χ3v) is 3.08. The summed E-state index contributed by atoms with van der Waals surface area (Å²) in [5.41, 5.74) is 5.35. The molecule has 0 aliphatic carbocycles. The lowest BCUT2D eigenvalue weighted by Gasteiger charge is -1.87. The molecule has 0 aliphatic heterocycles. The van der Waals surface area contributed by atoms with Crippen molar-refractivity contribution in [1.29, 1.82) is 0 Å². The van der Waals surface area contributed by atoms with Gasteiger partial charge in [0.2, 0.25) is 0 Å². The molecule has 0 amide bonds. The summed E-state index contributed by atoms with van der Waals surface area (Å²) in [6.07, 6.45) is 5.14. The largest absolute Gasteiger partial charge is 0.330 e. The van der Waals surface area contributed by atoms with Gasteiger partial charge < -0.3 is 5.73 Å². The molecule has 0 radical (unpaired) electrons. The highest BCUT2D eigenvalue weighted by Gasteiger charge is 1.93. The highest BCUT2D eigenvalue weighted by molar-refractivity contribution is 9.10. The molecule has 0 spiro atoms. The number of hydrogen-bond donors (Lipinski definition) is 1. The zero-order valence-corrected chi connectivity index (χ0v) is 8.49. The second-order valence-corrected chi connectivity index (χ2v) is 3.91. The molecule has 0 unspecified atom stereocenters. The number of halogens is 1. The third-order valence-electron chi connectivity index (χ3n) is 1.25. The van der Waals surface area contributed by atoms with Crippen LogP contribution in [0, 0.1) is 0 Å². The van der Waals surface area contributed by atoms with Crippen molar-refractivity contribution < 1.29 is 0 Å². The summed E-state index contributed by atoms with van der Waals surface area (Å²) in [4.78, 5) is 1.26. The number of nitrogens with two attached hydrogens (primary N) is 1. The first-order chi connectivity index (χ1) is 5.34. The average molecular weight is 232 g/mol. The maximum absolute atomic E-state index is 5.35. The Balaban J connectivity index is 2.56. The minimum Gasteiger partial charge on any atom is -0.330 e. The molecule has 0 atom stereocenters. The molecule has 60 valence electrons. The van der Waals surface area contributed by atoms with Crippen molar-refractivity contribution in [3.05, 3.63) is 26.9 Å². The van der Waals surface area contributed by atoms with Gasteiger partial charge in [0.15, 0.2) is 0 Å². The van der Waals surface area contributed by atoms with Crippen LogP contribution < -0.4 is 5.73 Å². The first kappa shape index (κ1) is 8.97. The minimum atomic E-state index is 0.722. The van der Waals surface area contributed by atoms with Crippen LogP contribution in [-0.2, 0) is 0 Å². The Hall–Kier alpha value is -0.120. The van der Waals surface area contributed by atoms with E-state index >= 15 is 0 Å². The molecular formula is C8H10BrNS. The van der Waals surface area contributed by atoms with Crippen LogP contribution in [0.2, 0.25) is 0 Å². The molecule has 0 saturated carbocycles. The smallest absolute Gasteiger partial charge is 0.0409 e. The first-order valence-corrected chi connectivity index (χ1v) is 5.11. The van der Waals surface area contributed by atoms with E-state index in [-0.39, 0.29) is 0 Å². The van der Waals surface area contributed by atoms with Gasteiger partial charge in [-0.1, -0.05) is 6.08 Å². The molecule has 0 aromatic carbocycles. The van der Waals surface area contributed by atoms with Crippen molar-refractivity contribution in [1.82, 2.24) is 0 Å². The van der Waals surface area contributed by atoms with Gasteiger partial charge in [-0.3, -0.25) is 0 Å². The van der Waals surface area contributed by atoms with Crippen molar-refractivity contribution in [3.63, 3.8) is 0 Å². The zero-order valence-electron chi connectivity index (χ0n) is 6.09. The lowest BCUT2D eigenvalue weighted by molar-refractivity contribution is 1.01. The predicted molar refractivity (Wildman–Crippen MR) is 54.7 cm³/mol. The number of rotatable bonds is 3. The number of hydrogen-bond acceptors (Lipinski definition) is 2. The van der Waals surface area contributed by atoms with Crippen LogP contribution >= 0.6 is 27.3 Å². The summed E-state index contributed by atoms with van der Waals surface area (Å²) in [6, 6.07) is 2.05. The molecule has 11 heavy (non-hydrogen) atoms. The van der Waals surface area contributed by atoms with E-state index in [2.05, 4.69) is 33.5 Å². The summed E-state index contributed by atoms with van der Waals surface area (Å²) < 4.78 is 1.16. The molecule has 0 saturated heterocycles. The van der Waals surface area contributed by atoms with Crippen molar-refractivity contribution >= 4 is 33.3 Å². The normalized spacial score (nSPS) is 11.1. The first-order valence-electron chi connectivity index (χ1n) is 3.44. The van der Waals surface area contributed by atoms with E-state index in [1.54, 1.807) is 11.3 Å². The van der Waals surface area contributed by atoms with Gasteiger partial charge in [0.05, 0.1) is 0 Å². The fourth-order valence-corrected chi connectivity index (χ4v) is 2.14. The van der Waals surface area contributed by atoms with Gasteiger partial charge >= 0.3 is 0 Å². The van der Waals surface area contributed by atoms with Crippen LogP contribution in [0.1, 0.15) is 11.3 Å². The van der Waals surface area contributed by atoms with Gasteiger partial charge in [0.25, 0.3) is 0 Å². The van der Waals surface area contributed by atoms with Gasteiger partial charge in [-0.2, -0.15) is 0 Å². The van der Waals surface area contributed by atoms with Crippen LogP contribution in [0.3, 0.4) is 0 Å².